The number of nitrogens with two attached hydrogens (primary N) is 1. The zero-order chi connectivity index (χ0) is 14.2. The summed E-state index contributed by atoms with van der Waals surface area (Å²) in [6.07, 6.45) is 8.94. The molecule has 6 nitrogen and oxygen atoms in total. The quantitative estimate of drug-likeness (QED) is 0.569. The molecule has 21 heavy (non-hydrogen) atoms. The first-order chi connectivity index (χ1) is 10.3. The van der Waals surface area contributed by atoms with E-state index in [0.29, 0.717) is 0 Å². The van der Waals surface area contributed by atoms with Crippen molar-refractivity contribution in [2.75, 3.05) is 5.73 Å². The molecule has 3 heterocycles. The number of benzene rings is 1. The number of nitrogen functional groups attached to an aromatic ring is 1. The van der Waals surface area contributed by atoms with E-state index in [0.717, 1.165) is 28.1 Å². The van der Waals surface area contributed by atoms with Crippen molar-refractivity contribution in [2.45, 2.75) is 0 Å². The van der Waals surface area contributed by atoms with Gasteiger partial charge in [-0.15, -0.1) is 0 Å². The fourth-order valence-electron chi connectivity index (χ4n) is 2.36. The minimum Gasteiger partial charge on any atom is -0.398 e. The van der Waals surface area contributed by atoms with E-state index in [1.54, 1.807) is 34.0 Å². The highest BCUT2D eigenvalue weighted by Gasteiger charge is 2.09. The maximum absolute atomic E-state index is 6.01. The van der Waals surface area contributed by atoms with Crippen LogP contribution in [0.15, 0.2) is 61.3 Å². The van der Waals surface area contributed by atoms with Gasteiger partial charge in [-0.1, -0.05) is 18.2 Å². The standard InChI is InChI=1S/C15H12N6/c16-13-4-2-1-3-12(13)11-9-19-21(10-11)15-14-5-6-18-20(14)8-7-17-15/h1-10H,16H2. The summed E-state index contributed by atoms with van der Waals surface area (Å²) in [6, 6.07) is 9.63. The minimum absolute atomic E-state index is 0.729. The molecular weight excluding hydrogens is 264 g/mol. The number of hydrogen-bond acceptors (Lipinski definition) is 4. The lowest BCUT2D eigenvalue weighted by Gasteiger charge is -2.03. The van der Waals surface area contributed by atoms with Gasteiger partial charge < -0.3 is 5.73 Å². The number of para-hydroxylation sites is 1. The second-order valence-electron chi connectivity index (χ2n) is 4.67. The first-order valence-corrected chi connectivity index (χ1v) is 6.51. The topological polar surface area (TPSA) is 74.0 Å². The Morgan fingerprint density at radius 2 is 1.90 bits per heavy atom. The predicted octanol–water partition coefficient (Wildman–Crippen LogP) is 2.16. The van der Waals surface area contributed by atoms with Crippen molar-refractivity contribution in [1.82, 2.24) is 24.4 Å². The largest absolute Gasteiger partial charge is 0.398 e. The lowest BCUT2D eigenvalue weighted by molar-refractivity contribution is 0.832. The molecule has 4 rings (SSSR count). The molecule has 102 valence electrons. The molecule has 1 aromatic carbocycles. The molecule has 0 aliphatic carbocycles. The van der Waals surface area contributed by atoms with E-state index in [2.05, 4.69) is 15.2 Å². The smallest absolute Gasteiger partial charge is 0.179 e. The Balaban J connectivity index is 1.85. The van der Waals surface area contributed by atoms with Crippen LogP contribution in [0.25, 0.3) is 22.5 Å². The molecule has 2 N–H and O–H groups in total. The Bertz CT molecular complexity index is 920. The van der Waals surface area contributed by atoms with Crippen LogP contribution in [0.4, 0.5) is 5.69 Å². The number of nitrogens with zero attached hydrogens (tertiary/aromatic N) is 5. The molecule has 3 aromatic heterocycles. The molecule has 4 aromatic rings. The van der Waals surface area contributed by atoms with Crippen LogP contribution in [-0.2, 0) is 0 Å². The monoisotopic (exact) mass is 276 g/mol. The molecule has 0 unspecified atom stereocenters. The summed E-state index contributed by atoms with van der Waals surface area (Å²) < 4.78 is 3.50. The Kier molecular flexibility index (Phi) is 2.47. The Morgan fingerprint density at radius 1 is 1.00 bits per heavy atom. The third-order valence-electron chi connectivity index (χ3n) is 3.38. The van der Waals surface area contributed by atoms with Crippen LogP contribution in [0.3, 0.4) is 0 Å². The van der Waals surface area contributed by atoms with E-state index in [4.69, 9.17) is 5.73 Å². The van der Waals surface area contributed by atoms with Crippen LogP contribution in [0, 0.1) is 0 Å². The van der Waals surface area contributed by atoms with Gasteiger partial charge in [-0.3, -0.25) is 0 Å². The van der Waals surface area contributed by atoms with Crippen LogP contribution >= 0.6 is 0 Å². The van der Waals surface area contributed by atoms with E-state index >= 15 is 0 Å². The van der Waals surface area contributed by atoms with Gasteiger partial charge in [-0.05, 0) is 12.1 Å². The SMILES string of the molecule is Nc1ccccc1-c1cnn(-c2nccn3nccc23)c1. The second-order valence-corrected chi connectivity index (χ2v) is 4.67. The number of aromatic nitrogens is 5. The molecular formula is C15H12N6. The van der Waals surface area contributed by atoms with E-state index in [1.165, 1.54) is 0 Å². The van der Waals surface area contributed by atoms with Crippen LogP contribution in [0.5, 0.6) is 0 Å². The van der Waals surface area contributed by atoms with Crippen LogP contribution in [0.2, 0.25) is 0 Å². The van der Waals surface area contributed by atoms with Crippen molar-refractivity contribution in [1.29, 1.82) is 0 Å². The van der Waals surface area contributed by atoms with E-state index < -0.39 is 0 Å². The van der Waals surface area contributed by atoms with Gasteiger partial charge in [0.25, 0.3) is 0 Å². The average molecular weight is 276 g/mol. The Hall–Kier alpha value is -3.15. The highest BCUT2D eigenvalue weighted by molar-refractivity contribution is 5.75. The molecule has 0 aliphatic rings. The molecule has 6 heteroatoms. The molecule has 0 bridgehead atoms. The summed E-state index contributed by atoms with van der Waals surface area (Å²) in [5.41, 5.74) is 9.55. The lowest BCUT2D eigenvalue weighted by atomic mass is 10.1. The van der Waals surface area contributed by atoms with Gasteiger partial charge in [0.2, 0.25) is 0 Å². The highest BCUT2D eigenvalue weighted by atomic mass is 15.3. The van der Waals surface area contributed by atoms with Crippen LogP contribution < -0.4 is 5.73 Å². The average Bonchev–Trinajstić information content (AvgIpc) is 3.16. The summed E-state index contributed by atoms with van der Waals surface area (Å²) >= 11 is 0. The molecule has 0 aliphatic heterocycles. The first-order valence-electron chi connectivity index (χ1n) is 6.51. The highest BCUT2D eigenvalue weighted by Crippen LogP contribution is 2.25. The predicted molar refractivity (Wildman–Crippen MR) is 80.0 cm³/mol. The lowest BCUT2D eigenvalue weighted by Crippen LogP contribution is -2.01. The van der Waals surface area contributed by atoms with Crippen molar-refractivity contribution in [3.05, 3.63) is 61.3 Å². The van der Waals surface area contributed by atoms with Gasteiger partial charge in [0.1, 0.15) is 5.52 Å². The van der Waals surface area contributed by atoms with E-state index in [1.807, 2.05) is 36.5 Å². The molecule has 0 amide bonds. The van der Waals surface area contributed by atoms with Crippen molar-refractivity contribution in [3.63, 3.8) is 0 Å². The minimum atomic E-state index is 0.729. The normalized spacial score (nSPS) is 11.0. The van der Waals surface area contributed by atoms with Gasteiger partial charge in [0, 0.05) is 35.4 Å². The first kappa shape index (κ1) is 11.7. The Morgan fingerprint density at radius 3 is 2.81 bits per heavy atom. The fourth-order valence-corrected chi connectivity index (χ4v) is 2.36. The van der Waals surface area contributed by atoms with E-state index in [-0.39, 0.29) is 0 Å². The summed E-state index contributed by atoms with van der Waals surface area (Å²) in [5.74, 6) is 0.732. The fraction of sp³-hybridized carbons (Fsp3) is 0. The number of rotatable bonds is 2. The number of hydrogen-bond donors (Lipinski definition) is 1. The Labute approximate surface area is 120 Å². The van der Waals surface area contributed by atoms with Crippen molar-refractivity contribution in [2.24, 2.45) is 0 Å². The number of anilines is 1. The van der Waals surface area contributed by atoms with Gasteiger partial charge >= 0.3 is 0 Å². The third kappa shape index (κ3) is 1.85. The summed E-state index contributed by atoms with van der Waals surface area (Å²) in [7, 11) is 0. The molecule has 0 radical (unpaired) electrons. The molecule has 0 spiro atoms. The van der Waals surface area contributed by atoms with Crippen LogP contribution in [-0.4, -0.2) is 24.4 Å². The summed E-state index contributed by atoms with van der Waals surface area (Å²) in [4.78, 5) is 4.39. The third-order valence-corrected chi connectivity index (χ3v) is 3.38. The summed E-state index contributed by atoms with van der Waals surface area (Å²) in [5, 5.41) is 8.59. The van der Waals surface area contributed by atoms with Crippen molar-refractivity contribution in [3.8, 4) is 16.9 Å². The maximum atomic E-state index is 6.01. The molecule has 0 saturated heterocycles. The molecule has 0 fully saturated rings. The van der Waals surface area contributed by atoms with Gasteiger partial charge in [0.15, 0.2) is 5.82 Å². The van der Waals surface area contributed by atoms with E-state index in [9.17, 15) is 0 Å². The van der Waals surface area contributed by atoms with Crippen LogP contribution in [0.1, 0.15) is 0 Å². The zero-order valence-electron chi connectivity index (χ0n) is 11.1. The van der Waals surface area contributed by atoms with Gasteiger partial charge in [-0.25, -0.2) is 14.2 Å². The van der Waals surface area contributed by atoms with Gasteiger partial charge in [0.05, 0.1) is 12.4 Å². The molecule has 0 saturated carbocycles. The maximum Gasteiger partial charge on any atom is 0.179 e. The zero-order valence-corrected chi connectivity index (χ0v) is 11.1. The van der Waals surface area contributed by atoms with Crippen molar-refractivity contribution < 1.29 is 0 Å². The van der Waals surface area contributed by atoms with Gasteiger partial charge in [-0.2, -0.15) is 10.2 Å². The molecule has 0 atom stereocenters. The summed E-state index contributed by atoms with van der Waals surface area (Å²) in [6.45, 7) is 0. The second kappa shape index (κ2) is 4.45. The number of fused-ring (bicyclic) bond motifs is 1. The van der Waals surface area contributed by atoms with Crippen molar-refractivity contribution >= 4 is 11.2 Å².